The number of nitrogens with two attached hydrogens (primary N) is 1. The van der Waals surface area contributed by atoms with E-state index in [0.717, 1.165) is 25.9 Å². The number of urea groups is 1. The SMILES string of the molecule is CC1CCCN(C(=O)Nc2ccc(F)c(C#CCN)c2)C1. The van der Waals surface area contributed by atoms with E-state index in [0.29, 0.717) is 11.6 Å². The molecular formula is C16H20FN3O. The molecule has 0 aliphatic carbocycles. The van der Waals surface area contributed by atoms with Gasteiger partial charge in [0.15, 0.2) is 0 Å². The fourth-order valence-corrected chi connectivity index (χ4v) is 2.42. The van der Waals surface area contributed by atoms with Crippen LogP contribution in [0.1, 0.15) is 25.3 Å². The van der Waals surface area contributed by atoms with Gasteiger partial charge in [0.1, 0.15) is 5.82 Å². The Morgan fingerprint density at radius 2 is 2.38 bits per heavy atom. The molecule has 3 N–H and O–H groups in total. The first-order chi connectivity index (χ1) is 10.1. The number of anilines is 1. The second-order valence-electron chi connectivity index (χ2n) is 5.32. The molecule has 21 heavy (non-hydrogen) atoms. The molecule has 0 aromatic heterocycles. The van der Waals surface area contributed by atoms with E-state index < -0.39 is 5.82 Å². The lowest BCUT2D eigenvalue weighted by Crippen LogP contribution is -2.41. The Morgan fingerprint density at radius 1 is 1.57 bits per heavy atom. The zero-order valence-corrected chi connectivity index (χ0v) is 12.2. The van der Waals surface area contributed by atoms with Gasteiger partial charge in [-0.2, -0.15) is 0 Å². The second kappa shape index (κ2) is 7.09. The predicted octanol–water partition coefficient (Wildman–Crippen LogP) is 2.40. The van der Waals surface area contributed by atoms with Crippen LogP contribution in [-0.4, -0.2) is 30.6 Å². The van der Waals surface area contributed by atoms with Crippen LogP contribution in [0.25, 0.3) is 0 Å². The molecule has 5 heteroatoms. The van der Waals surface area contributed by atoms with E-state index in [2.05, 4.69) is 24.1 Å². The molecule has 0 spiro atoms. The van der Waals surface area contributed by atoms with E-state index in [4.69, 9.17) is 5.73 Å². The van der Waals surface area contributed by atoms with Crippen LogP contribution >= 0.6 is 0 Å². The van der Waals surface area contributed by atoms with Crippen molar-refractivity contribution in [2.45, 2.75) is 19.8 Å². The van der Waals surface area contributed by atoms with Crippen LogP contribution in [0.3, 0.4) is 0 Å². The van der Waals surface area contributed by atoms with E-state index in [1.54, 1.807) is 4.90 Å². The quantitative estimate of drug-likeness (QED) is 0.780. The zero-order valence-electron chi connectivity index (χ0n) is 12.2. The molecule has 2 amide bonds. The highest BCUT2D eigenvalue weighted by molar-refractivity contribution is 5.89. The number of carbonyl (C=O) groups excluding carboxylic acids is 1. The van der Waals surface area contributed by atoms with Crippen LogP contribution in [0.15, 0.2) is 18.2 Å². The number of hydrogen-bond donors (Lipinski definition) is 2. The molecular weight excluding hydrogens is 269 g/mol. The highest BCUT2D eigenvalue weighted by Crippen LogP contribution is 2.18. The number of piperidine rings is 1. The van der Waals surface area contributed by atoms with Gasteiger partial charge in [0.25, 0.3) is 0 Å². The number of hydrogen-bond acceptors (Lipinski definition) is 2. The van der Waals surface area contributed by atoms with Crippen LogP contribution in [0.4, 0.5) is 14.9 Å². The minimum atomic E-state index is -0.416. The Bertz CT molecular complexity index is 577. The van der Waals surface area contributed by atoms with E-state index in [1.165, 1.54) is 18.2 Å². The maximum atomic E-state index is 13.6. The van der Waals surface area contributed by atoms with Crippen molar-refractivity contribution in [3.8, 4) is 11.8 Å². The van der Waals surface area contributed by atoms with Crippen LogP contribution in [0, 0.1) is 23.6 Å². The van der Waals surface area contributed by atoms with Gasteiger partial charge in [-0.25, -0.2) is 9.18 Å². The first-order valence-corrected chi connectivity index (χ1v) is 7.14. The number of carbonyl (C=O) groups is 1. The lowest BCUT2D eigenvalue weighted by molar-refractivity contribution is 0.182. The van der Waals surface area contributed by atoms with E-state index in [1.807, 2.05) is 0 Å². The first kappa shape index (κ1) is 15.3. The number of likely N-dealkylation sites (tertiary alicyclic amines) is 1. The molecule has 1 atom stereocenters. The third kappa shape index (κ3) is 4.20. The predicted molar refractivity (Wildman–Crippen MR) is 81.3 cm³/mol. The van der Waals surface area contributed by atoms with Crippen molar-refractivity contribution in [1.29, 1.82) is 0 Å². The molecule has 1 fully saturated rings. The largest absolute Gasteiger partial charge is 0.324 e. The van der Waals surface area contributed by atoms with Crippen molar-refractivity contribution >= 4 is 11.7 Å². The molecule has 2 rings (SSSR count). The summed E-state index contributed by atoms with van der Waals surface area (Å²) in [5.41, 5.74) is 6.07. The number of amides is 2. The smallest absolute Gasteiger partial charge is 0.321 e. The Morgan fingerprint density at radius 3 is 3.10 bits per heavy atom. The monoisotopic (exact) mass is 289 g/mol. The van der Waals surface area contributed by atoms with Gasteiger partial charge in [0.05, 0.1) is 12.1 Å². The van der Waals surface area contributed by atoms with Gasteiger partial charge in [-0.3, -0.25) is 0 Å². The molecule has 4 nitrogen and oxygen atoms in total. The number of benzene rings is 1. The van der Waals surface area contributed by atoms with Crippen LogP contribution in [0.5, 0.6) is 0 Å². The Kier molecular flexibility index (Phi) is 5.18. The van der Waals surface area contributed by atoms with Gasteiger partial charge in [-0.05, 0) is 37.0 Å². The van der Waals surface area contributed by atoms with E-state index >= 15 is 0 Å². The summed E-state index contributed by atoms with van der Waals surface area (Å²) in [5.74, 6) is 5.37. The molecule has 1 aliphatic rings. The molecule has 1 aromatic carbocycles. The molecule has 1 aliphatic heterocycles. The van der Waals surface area contributed by atoms with Gasteiger partial charge >= 0.3 is 6.03 Å². The lowest BCUT2D eigenvalue weighted by Gasteiger charge is -2.30. The van der Waals surface area contributed by atoms with Crippen molar-refractivity contribution in [2.75, 3.05) is 25.0 Å². The topological polar surface area (TPSA) is 58.4 Å². The molecule has 1 saturated heterocycles. The first-order valence-electron chi connectivity index (χ1n) is 7.14. The highest BCUT2D eigenvalue weighted by Gasteiger charge is 2.20. The van der Waals surface area contributed by atoms with Gasteiger partial charge in [0.2, 0.25) is 0 Å². The number of rotatable bonds is 1. The number of nitrogens with zero attached hydrogens (tertiary/aromatic N) is 1. The fraction of sp³-hybridized carbons (Fsp3) is 0.438. The lowest BCUT2D eigenvalue weighted by atomic mass is 10.0. The molecule has 112 valence electrons. The van der Waals surface area contributed by atoms with Gasteiger partial charge in [-0.1, -0.05) is 18.8 Å². The third-order valence-corrected chi connectivity index (χ3v) is 3.49. The zero-order chi connectivity index (χ0) is 15.2. The molecule has 0 saturated carbocycles. The summed E-state index contributed by atoms with van der Waals surface area (Å²) in [6.07, 6.45) is 2.17. The summed E-state index contributed by atoms with van der Waals surface area (Å²) in [7, 11) is 0. The second-order valence-corrected chi connectivity index (χ2v) is 5.32. The van der Waals surface area contributed by atoms with Gasteiger partial charge in [0, 0.05) is 18.8 Å². The van der Waals surface area contributed by atoms with Crippen molar-refractivity contribution in [2.24, 2.45) is 11.7 Å². The van der Waals surface area contributed by atoms with Gasteiger partial charge < -0.3 is 16.0 Å². The maximum Gasteiger partial charge on any atom is 0.321 e. The molecule has 0 bridgehead atoms. The standard InChI is InChI=1S/C16H20FN3O/c1-12-4-3-9-20(11-12)16(21)19-14-6-7-15(17)13(10-14)5-2-8-18/h6-7,10,12H,3-4,8-9,11,18H2,1H3,(H,19,21). The van der Waals surface area contributed by atoms with Crippen molar-refractivity contribution in [1.82, 2.24) is 4.90 Å². The van der Waals surface area contributed by atoms with E-state index in [-0.39, 0.29) is 18.1 Å². The Labute approximate surface area is 124 Å². The minimum absolute atomic E-state index is 0.147. The summed E-state index contributed by atoms with van der Waals surface area (Å²) in [5, 5.41) is 2.80. The van der Waals surface area contributed by atoms with Gasteiger partial charge in [-0.15, -0.1) is 0 Å². The van der Waals surface area contributed by atoms with Crippen molar-refractivity contribution < 1.29 is 9.18 Å². The molecule has 1 heterocycles. The molecule has 1 unspecified atom stereocenters. The van der Waals surface area contributed by atoms with Crippen LogP contribution < -0.4 is 11.1 Å². The normalized spacial score (nSPS) is 17.9. The summed E-state index contributed by atoms with van der Waals surface area (Å²) in [6, 6.07) is 4.22. The van der Waals surface area contributed by atoms with E-state index in [9.17, 15) is 9.18 Å². The summed E-state index contributed by atoms with van der Waals surface area (Å²) in [6.45, 7) is 3.82. The fourth-order valence-electron chi connectivity index (χ4n) is 2.42. The Balaban J connectivity index is 2.07. The molecule has 0 radical (unpaired) electrons. The van der Waals surface area contributed by atoms with Crippen LogP contribution in [0.2, 0.25) is 0 Å². The summed E-state index contributed by atoms with van der Waals surface area (Å²) >= 11 is 0. The summed E-state index contributed by atoms with van der Waals surface area (Å²) in [4.78, 5) is 14.0. The average Bonchev–Trinajstić information content (AvgIpc) is 2.47. The minimum Gasteiger partial charge on any atom is -0.324 e. The Hall–Kier alpha value is -2.06. The maximum absolute atomic E-state index is 13.6. The number of halogens is 1. The highest BCUT2D eigenvalue weighted by atomic mass is 19.1. The average molecular weight is 289 g/mol. The van der Waals surface area contributed by atoms with Crippen LogP contribution in [-0.2, 0) is 0 Å². The molecule has 1 aromatic rings. The van der Waals surface area contributed by atoms with Crippen molar-refractivity contribution in [3.63, 3.8) is 0 Å². The van der Waals surface area contributed by atoms with Crippen molar-refractivity contribution in [3.05, 3.63) is 29.6 Å². The summed E-state index contributed by atoms with van der Waals surface area (Å²) < 4.78 is 13.6. The third-order valence-electron chi connectivity index (χ3n) is 3.49. The number of nitrogens with one attached hydrogen (secondary N) is 1.